The van der Waals surface area contributed by atoms with Gasteiger partial charge in [0.05, 0.1) is 6.61 Å². The molecule has 1 aromatic carbocycles. The number of hydrogen-bond donors (Lipinski definition) is 0. The van der Waals surface area contributed by atoms with Crippen molar-refractivity contribution in [2.75, 3.05) is 6.61 Å². The molecular formula is C16H20O2. The van der Waals surface area contributed by atoms with E-state index in [1.807, 2.05) is 12.1 Å². The summed E-state index contributed by atoms with van der Waals surface area (Å²) in [7, 11) is 0. The zero-order valence-electron chi connectivity index (χ0n) is 10.7. The Morgan fingerprint density at radius 3 is 3.06 bits per heavy atom. The van der Waals surface area contributed by atoms with Gasteiger partial charge in [0.15, 0.2) is 0 Å². The summed E-state index contributed by atoms with van der Waals surface area (Å²) in [6, 6.07) is 8.33. The van der Waals surface area contributed by atoms with Gasteiger partial charge in [-0.1, -0.05) is 24.6 Å². The molecule has 0 spiro atoms. The third-order valence-corrected chi connectivity index (χ3v) is 4.25. The van der Waals surface area contributed by atoms with E-state index in [4.69, 9.17) is 4.74 Å². The molecule has 1 aromatic rings. The van der Waals surface area contributed by atoms with Crippen molar-refractivity contribution in [2.45, 2.75) is 44.4 Å². The van der Waals surface area contributed by atoms with Crippen molar-refractivity contribution in [3.05, 3.63) is 29.8 Å². The molecule has 0 aromatic heterocycles. The Morgan fingerprint density at radius 2 is 2.11 bits per heavy atom. The first-order valence-corrected chi connectivity index (χ1v) is 7.06. The molecule has 2 unspecified atom stereocenters. The van der Waals surface area contributed by atoms with Crippen molar-refractivity contribution in [1.29, 1.82) is 0 Å². The number of ether oxygens (including phenoxy) is 1. The summed E-state index contributed by atoms with van der Waals surface area (Å²) in [6.07, 6.45) is 6.22. The lowest BCUT2D eigenvalue weighted by atomic mass is 9.86. The number of benzene rings is 1. The molecule has 1 saturated carbocycles. The Hall–Kier alpha value is -1.31. The third-order valence-electron chi connectivity index (χ3n) is 4.25. The molecule has 2 aliphatic rings. The molecule has 0 saturated heterocycles. The number of ketones is 1. The van der Waals surface area contributed by atoms with E-state index in [2.05, 4.69) is 12.1 Å². The average molecular weight is 244 g/mol. The molecule has 3 rings (SSSR count). The van der Waals surface area contributed by atoms with Gasteiger partial charge in [0.2, 0.25) is 0 Å². The van der Waals surface area contributed by atoms with E-state index in [0.29, 0.717) is 17.6 Å². The van der Waals surface area contributed by atoms with E-state index in [-0.39, 0.29) is 0 Å². The SMILES string of the molecule is O=C1CCCCC(CC2COc3ccccc32)C1. The number of Topliss-reactive ketones (excluding diaryl/α,β-unsaturated/α-hetero) is 1. The highest BCUT2D eigenvalue weighted by Gasteiger charge is 2.28. The second-order valence-corrected chi connectivity index (χ2v) is 5.64. The first kappa shape index (κ1) is 11.8. The second kappa shape index (κ2) is 5.13. The van der Waals surface area contributed by atoms with Crippen LogP contribution in [-0.4, -0.2) is 12.4 Å². The maximum Gasteiger partial charge on any atom is 0.133 e. The molecule has 0 radical (unpaired) electrons. The molecular weight excluding hydrogens is 224 g/mol. The summed E-state index contributed by atoms with van der Waals surface area (Å²) < 4.78 is 5.73. The van der Waals surface area contributed by atoms with Crippen molar-refractivity contribution in [3.8, 4) is 5.75 Å². The van der Waals surface area contributed by atoms with Crippen molar-refractivity contribution in [3.63, 3.8) is 0 Å². The quantitative estimate of drug-likeness (QED) is 0.741. The minimum absolute atomic E-state index is 0.463. The number of carbonyl (C=O) groups is 1. The Labute approximate surface area is 108 Å². The lowest BCUT2D eigenvalue weighted by Gasteiger charge is -2.17. The maximum atomic E-state index is 11.7. The molecule has 1 aliphatic heterocycles. The van der Waals surface area contributed by atoms with Gasteiger partial charge in [-0.05, 0) is 31.2 Å². The van der Waals surface area contributed by atoms with Crippen LogP contribution in [-0.2, 0) is 4.79 Å². The highest BCUT2D eigenvalue weighted by molar-refractivity contribution is 5.78. The fourth-order valence-electron chi connectivity index (χ4n) is 3.31. The molecule has 1 fully saturated rings. The fraction of sp³-hybridized carbons (Fsp3) is 0.562. The van der Waals surface area contributed by atoms with Crippen LogP contribution in [0, 0.1) is 5.92 Å². The maximum absolute atomic E-state index is 11.7. The van der Waals surface area contributed by atoms with Crippen molar-refractivity contribution in [2.24, 2.45) is 5.92 Å². The molecule has 2 heteroatoms. The predicted octanol–water partition coefficient (Wildman–Crippen LogP) is 3.70. The topological polar surface area (TPSA) is 26.3 Å². The van der Waals surface area contributed by atoms with Crippen molar-refractivity contribution < 1.29 is 9.53 Å². The normalized spacial score (nSPS) is 27.4. The van der Waals surface area contributed by atoms with Crippen LogP contribution in [0.4, 0.5) is 0 Å². The predicted molar refractivity (Wildman–Crippen MR) is 70.9 cm³/mol. The molecule has 1 heterocycles. The van der Waals surface area contributed by atoms with Gasteiger partial charge >= 0.3 is 0 Å². The lowest BCUT2D eigenvalue weighted by molar-refractivity contribution is -0.119. The fourth-order valence-corrected chi connectivity index (χ4v) is 3.31. The van der Waals surface area contributed by atoms with Crippen molar-refractivity contribution >= 4 is 5.78 Å². The standard InChI is InChI=1S/C16H20O2/c17-14-6-2-1-5-12(10-14)9-13-11-18-16-8-4-3-7-15(13)16/h3-4,7-8,12-13H,1-2,5-6,9-11H2. The lowest BCUT2D eigenvalue weighted by Crippen LogP contribution is -2.11. The van der Waals surface area contributed by atoms with Gasteiger partial charge < -0.3 is 4.74 Å². The van der Waals surface area contributed by atoms with E-state index in [1.54, 1.807) is 0 Å². The van der Waals surface area contributed by atoms with Gasteiger partial charge in [-0.3, -0.25) is 4.79 Å². The van der Waals surface area contributed by atoms with Crippen LogP contribution in [0.2, 0.25) is 0 Å². The van der Waals surface area contributed by atoms with Crippen LogP contribution in [0.1, 0.15) is 50.0 Å². The van der Waals surface area contributed by atoms with Crippen LogP contribution in [0.25, 0.3) is 0 Å². The number of hydrogen-bond acceptors (Lipinski definition) is 2. The van der Waals surface area contributed by atoms with E-state index < -0.39 is 0 Å². The summed E-state index contributed by atoms with van der Waals surface area (Å²) in [6.45, 7) is 0.796. The molecule has 0 N–H and O–H groups in total. The van der Waals surface area contributed by atoms with Gasteiger partial charge in [0.1, 0.15) is 11.5 Å². The van der Waals surface area contributed by atoms with Gasteiger partial charge in [0, 0.05) is 24.3 Å². The highest BCUT2D eigenvalue weighted by atomic mass is 16.5. The second-order valence-electron chi connectivity index (χ2n) is 5.64. The number of para-hydroxylation sites is 1. The number of fused-ring (bicyclic) bond motifs is 1. The molecule has 1 aliphatic carbocycles. The van der Waals surface area contributed by atoms with Gasteiger partial charge in [0.25, 0.3) is 0 Å². The zero-order chi connectivity index (χ0) is 12.4. The van der Waals surface area contributed by atoms with E-state index >= 15 is 0 Å². The van der Waals surface area contributed by atoms with E-state index in [0.717, 1.165) is 38.0 Å². The van der Waals surface area contributed by atoms with Crippen LogP contribution in [0.5, 0.6) is 5.75 Å². The Balaban J connectivity index is 1.68. The minimum Gasteiger partial charge on any atom is -0.493 e. The first-order valence-electron chi connectivity index (χ1n) is 7.06. The Morgan fingerprint density at radius 1 is 1.22 bits per heavy atom. The van der Waals surface area contributed by atoms with Crippen LogP contribution in [0.15, 0.2) is 24.3 Å². The highest BCUT2D eigenvalue weighted by Crippen LogP contribution is 2.39. The Bertz CT molecular complexity index is 438. The number of carbonyl (C=O) groups excluding carboxylic acids is 1. The molecule has 2 nitrogen and oxygen atoms in total. The Kier molecular flexibility index (Phi) is 3.35. The van der Waals surface area contributed by atoms with Gasteiger partial charge in [-0.25, -0.2) is 0 Å². The van der Waals surface area contributed by atoms with Crippen LogP contribution < -0.4 is 4.74 Å². The van der Waals surface area contributed by atoms with Crippen molar-refractivity contribution in [1.82, 2.24) is 0 Å². The van der Waals surface area contributed by atoms with E-state index in [1.165, 1.54) is 18.4 Å². The van der Waals surface area contributed by atoms with Crippen LogP contribution >= 0.6 is 0 Å². The summed E-state index contributed by atoms with van der Waals surface area (Å²) in [5, 5.41) is 0. The zero-order valence-corrected chi connectivity index (χ0v) is 10.7. The summed E-state index contributed by atoms with van der Waals surface area (Å²) in [4.78, 5) is 11.7. The monoisotopic (exact) mass is 244 g/mol. The first-order chi connectivity index (χ1) is 8.83. The molecule has 96 valence electrons. The average Bonchev–Trinajstić information content (AvgIpc) is 2.66. The summed E-state index contributed by atoms with van der Waals surface area (Å²) in [5.74, 6) is 2.57. The largest absolute Gasteiger partial charge is 0.493 e. The number of rotatable bonds is 2. The minimum atomic E-state index is 0.463. The molecule has 2 atom stereocenters. The molecule has 18 heavy (non-hydrogen) atoms. The third kappa shape index (κ3) is 2.43. The molecule has 0 amide bonds. The summed E-state index contributed by atoms with van der Waals surface area (Å²) >= 11 is 0. The van der Waals surface area contributed by atoms with Gasteiger partial charge in [-0.15, -0.1) is 0 Å². The molecule has 0 bridgehead atoms. The van der Waals surface area contributed by atoms with Crippen LogP contribution in [0.3, 0.4) is 0 Å². The smallest absolute Gasteiger partial charge is 0.133 e. The summed E-state index contributed by atoms with van der Waals surface area (Å²) in [5.41, 5.74) is 1.34. The van der Waals surface area contributed by atoms with E-state index in [9.17, 15) is 4.79 Å². The van der Waals surface area contributed by atoms with Gasteiger partial charge in [-0.2, -0.15) is 0 Å².